The van der Waals surface area contributed by atoms with Gasteiger partial charge in [-0.2, -0.15) is 0 Å². The SMILES string of the molecule is O=C(O)C1CCCC[N-]1.O=C(O)C1CCCC[N-]1.O=C(O)C1CCCC[N-]1.O=C(O)C1CCCC[N-]1.[Cl][Rh][Cl]. The van der Waals surface area contributed by atoms with Gasteiger partial charge in [0.2, 0.25) is 0 Å². The number of carboxylic acids is 4. The Hall–Kier alpha value is -1.08. The summed E-state index contributed by atoms with van der Waals surface area (Å²) in [4.78, 5) is 41.0. The van der Waals surface area contributed by atoms with Crippen molar-refractivity contribution < 1.29 is 54.7 Å². The molecule has 4 unspecified atom stereocenters. The van der Waals surface area contributed by atoms with Crippen LogP contribution in [0, 0.1) is 0 Å². The molecular weight excluding hydrogens is 646 g/mol. The number of carboxylic acid groups (broad SMARTS) is 4. The molecule has 4 aliphatic rings. The molecule has 0 aromatic heterocycles. The van der Waals surface area contributed by atoms with Crippen molar-refractivity contribution in [2.24, 2.45) is 0 Å². The van der Waals surface area contributed by atoms with E-state index in [9.17, 15) is 19.2 Å². The Morgan fingerprint density at radius 3 is 0.718 bits per heavy atom. The van der Waals surface area contributed by atoms with Crippen LogP contribution in [0.15, 0.2) is 0 Å². The van der Waals surface area contributed by atoms with Gasteiger partial charge in [0.1, 0.15) is 0 Å². The van der Waals surface area contributed by atoms with E-state index < -0.39 is 48.0 Å². The monoisotopic (exact) mass is 685 g/mol. The number of aliphatic carboxylic acids is 4. The molecule has 4 atom stereocenters. The normalized spacial score (nSPS) is 26.2. The molecule has 15 heteroatoms. The molecular formula is C24H40Cl2N4O8Rh-4. The molecule has 39 heavy (non-hydrogen) atoms. The summed E-state index contributed by atoms with van der Waals surface area (Å²) in [6, 6.07) is -1.62. The zero-order valence-corrected chi connectivity index (χ0v) is 25.1. The molecule has 0 saturated carbocycles. The number of piperidine rings is 4. The third kappa shape index (κ3) is 20.5. The average Bonchev–Trinajstić information content (AvgIpc) is 2.96. The van der Waals surface area contributed by atoms with Crippen molar-refractivity contribution in [1.82, 2.24) is 0 Å². The molecule has 0 bridgehead atoms. The van der Waals surface area contributed by atoms with Crippen molar-refractivity contribution in [3.8, 4) is 0 Å². The van der Waals surface area contributed by atoms with Crippen LogP contribution in [0.25, 0.3) is 21.3 Å². The summed E-state index contributed by atoms with van der Waals surface area (Å²) >= 11 is -0.226. The van der Waals surface area contributed by atoms with E-state index in [0.29, 0.717) is 0 Å². The van der Waals surface area contributed by atoms with Crippen molar-refractivity contribution in [2.45, 2.75) is 101 Å². The number of carbonyl (C=O) groups is 4. The van der Waals surface area contributed by atoms with Gasteiger partial charge in [-0.05, 0) is 24.2 Å². The summed E-state index contributed by atoms with van der Waals surface area (Å²) in [6.07, 6.45) is 11.2. The van der Waals surface area contributed by atoms with Crippen molar-refractivity contribution in [3.63, 3.8) is 0 Å². The van der Waals surface area contributed by atoms with Crippen LogP contribution in [0.3, 0.4) is 0 Å². The topological polar surface area (TPSA) is 206 Å². The number of hydrogen-bond acceptors (Lipinski definition) is 4. The zero-order valence-electron chi connectivity index (χ0n) is 21.9. The minimum absolute atomic E-state index is 0.226. The van der Waals surface area contributed by atoms with Gasteiger partial charge in [0.05, 0.1) is 0 Å². The van der Waals surface area contributed by atoms with E-state index >= 15 is 0 Å². The van der Waals surface area contributed by atoms with Crippen LogP contribution in [0.4, 0.5) is 0 Å². The Balaban J connectivity index is 0.000000477. The molecule has 12 nitrogen and oxygen atoms in total. The molecule has 0 amide bonds. The van der Waals surface area contributed by atoms with Gasteiger partial charge in [-0.15, -0.1) is 26.2 Å². The Morgan fingerprint density at radius 2 is 0.641 bits per heavy atom. The second-order valence-corrected chi connectivity index (χ2v) is 11.6. The number of nitrogens with zero attached hydrogens (tertiary/aromatic N) is 4. The molecule has 4 N–H and O–H groups in total. The molecule has 4 heterocycles. The molecule has 0 radical (unpaired) electrons. The summed E-state index contributed by atoms with van der Waals surface area (Å²) in [5.41, 5.74) is 0. The van der Waals surface area contributed by atoms with Crippen molar-refractivity contribution in [1.29, 1.82) is 0 Å². The van der Waals surface area contributed by atoms with Crippen LogP contribution in [0.2, 0.25) is 0 Å². The molecule has 4 rings (SSSR count). The van der Waals surface area contributed by atoms with Gasteiger partial charge in [-0.1, -0.05) is 77.0 Å². The standard InChI is InChI=1S/4C6H10NO2.2ClH.Rh/c4*8-6(9)5-3-1-2-4-7-5;;;/h4*5H,1-4H2,(H,8,9);2*1H;/q4*-1;;;+2/p-2. The Labute approximate surface area is 246 Å². The van der Waals surface area contributed by atoms with E-state index in [1.807, 2.05) is 0 Å². The Kier molecular flexibility index (Phi) is 24.0. The van der Waals surface area contributed by atoms with Crippen molar-refractivity contribution >= 4 is 43.3 Å². The zero-order chi connectivity index (χ0) is 29.5. The fourth-order valence-electron chi connectivity index (χ4n) is 3.96. The molecule has 4 saturated heterocycles. The fourth-order valence-corrected chi connectivity index (χ4v) is 3.96. The van der Waals surface area contributed by atoms with Gasteiger partial charge < -0.3 is 41.7 Å². The maximum absolute atomic E-state index is 10.3. The van der Waals surface area contributed by atoms with Gasteiger partial charge in [0, 0.05) is 0 Å². The van der Waals surface area contributed by atoms with E-state index in [1.54, 1.807) is 0 Å². The molecule has 0 spiro atoms. The quantitative estimate of drug-likeness (QED) is 0.283. The second kappa shape index (κ2) is 24.7. The van der Waals surface area contributed by atoms with Crippen LogP contribution in [0.5, 0.6) is 0 Å². The summed E-state index contributed by atoms with van der Waals surface area (Å²) < 4.78 is 0. The van der Waals surface area contributed by atoms with E-state index in [1.165, 1.54) is 0 Å². The van der Waals surface area contributed by atoms with Crippen LogP contribution in [0.1, 0.15) is 77.0 Å². The molecule has 0 aliphatic carbocycles. The van der Waals surface area contributed by atoms with E-state index in [-0.39, 0.29) is 15.1 Å². The molecule has 231 valence electrons. The summed E-state index contributed by atoms with van der Waals surface area (Å²) in [7, 11) is 9.67. The molecule has 0 aromatic carbocycles. The number of hydrogen-bond donors (Lipinski definition) is 4. The van der Waals surface area contributed by atoms with E-state index in [0.717, 1.165) is 103 Å². The summed E-state index contributed by atoms with van der Waals surface area (Å²) in [5.74, 6) is -3.08. The van der Waals surface area contributed by atoms with Crippen LogP contribution in [-0.4, -0.2) is 94.6 Å². The Morgan fingerprint density at radius 1 is 0.462 bits per heavy atom. The predicted octanol–water partition coefficient (Wildman–Crippen LogP) is 5.37. The van der Waals surface area contributed by atoms with Crippen LogP contribution in [-0.2, 0) is 34.3 Å². The van der Waals surface area contributed by atoms with Gasteiger partial charge in [0.15, 0.2) is 0 Å². The van der Waals surface area contributed by atoms with E-state index in [2.05, 4.69) is 21.3 Å². The summed E-state index contributed by atoms with van der Waals surface area (Å²) in [5, 5.41) is 49.5. The van der Waals surface area contributed by atoms with Gasteiger partial charge >= 0.3 is 34.5 Å². The number of halogens is 2. The molecule has 4 aliphatic heterocycles. The Bertz CT molecular complexity index is 575. The first-order valence-electron chi connectivity index (χ1n) is 13.0. The fraction of sp³-hybridized carbons (Fsp3) is 0.833. The van der Waals surface area contributed by atoms with Gasteiger partial charge in [-0.3, -0.25) is 19.2 Å². The molecule has 0 aromatic rings. The minimum atomic E-state index is -0.769. The second-order valence-electron chi connectivity index (χ2n) is 9.07. The molecule has 4 fully saturated rings. The third-order valence-electron chi connectivity index (χ3n) is 6.08. The van der Waals surface area contributed by atoms with Gasteiger partial charge in [-0.25, -0.2) is 0 Å². The number of rotatable bonds is 4. The third-order valence-corrected chi connectivity index (χ3v) is 6.08. The average molecular weight is 686 g/mol. The first-order chi connectivity index (χ1) is 18.6. The van der Waals surface area contributed by atoms with Crippen molar-refractivity contribution in [3.05, 3.63) is 21.3 Å². The van der Waals surface area contributed by atoms with Crippen molar-refractivity contribution in [2.75, 3.05) is 26.2 Å². The van der Waals surface area contributed by atoms with Gasteiger partial charge in [0.25, 0.3) is 23.9 Å². The first-order valence-corrected chi connectivity index (χ1v) is 17.3. The first kappa shape index (κ1) is 37.9. The van der Waals surface area contributed by atoms with E-state index in [4.69, 9.17) is 39.8 Å². The van der Waals surface area contributed by atoms with Crippen LogP contribution >= 0.6 is 19.4 Å². The maximum atomic E-state index is 10.3. The van der Waals surface area contributed by atoms with Crippen LogP contribution < -0.4 is 0 Å². The predicted molar refractivity (Wildman–Crippen MR) is 146 cm³/mol. The summed E-state index contributed by atoms with van der Waals surface area (Å²) in [6.45, 7) is 2.93.